The van der Waals surface area contributed by atoms with Gasteiger partial charge in [-0.1, -0.05) is 55.5 Å². The molecule has 32 heavy (non-hydrogen) atoms. The van der Waals surface area contributed by atoms with Crippen LogP contribution >= 0.6 is 0 Å². The Bertz CT molecular complexity index is 1150. The zero-order valence-corrected chi connectivity index (χ0v) is 19.3. The zero-order chi connectivity index (χ0) is 23.1. The molecule has 0 heterocycles. The largest absolute Gasteiger partial charge is 0.497 e. The van der Waals surface area contributed by atoms with E-state index in [9.17, 15) is 13.2 Å². The summed E-state index contributed by atoms with van der Waals surface area (Å²) in [5, 5.41) is 2.91. The average molecular weight is 453 g/mol. The first kappa shape index (κ1) is 23.3. The van der Waals surface area contributed by atoms with Gasteiger partial charge in [0.15, 0.2) is 0 Å². The number of rotatable bonds is 9. The number of carbonyl (C=O) groups is 1. The summed E-state index contributed by atoms with van der Waals surface area (Å²) in [6.07, 6.45) is 0.938. The number of hydrogen-bond donors (Lipinski definition) is 1. The van der Waals surface area contributed by atoms with Crippen molar-refractivity contribution in [2.45, 2.75) is 31.2 Å². The molecule has 1 amide bonds. The zero-order valence-electron chi connectivity index (χ0n) is 18.5. The molecule has 0 radical (unpaired) electrons. The van der Waals surface area contributed by atoms with Crippen LogP contribution in [0.1, 0.15) is 31.0 Å². The molecule has 0 saturated heterocycles. The van der Waals surface area contributed by atoms with Gasteiger partial charge in [-0.3, -0.25) is 9.10 Å². The first-order valence-electron chi connectivity index (χ1n) is 10.4. The second-order valence-corrected chi connectivity index (χ2v) is 9.27. The van der Waals surface area contributed by atoms with Crippen molar-refractivity contribution >= 4 is 21.6 Å². The van der Waals surface area contributed by atoms with E-state index < -0.39 is 15.9 Å². The number of ether oxygens (including phenoxy) is 1. The van der Waals surface area contributed by atoms with Gasteiger partial charge in [-0.25, -0.2) is 8.42 Å². The van der Waals surface area contributed by atoms with Crippen LogP contribution in [0.5, 0.6) is 5.75 Å². The highest BCUT2D eigenvalue weighted by molar-refractivity contribution is 7.92. The van der Waals surface area contributed by atoms with E-state index >= 15 is 0 Å². The number of hydrogen-bond acceptors (Lipinski definition) is 4. The number of anilines is 1. The number of nitrogens with one attached hydrogen (secondary N) is 1. The topological polar surface area (TPSA) is 75.7 Å². The molecule has 0 fully saturated rings. The van der Waals surface area contributed by atoms with Crippen molar-refractivity contribution in [3.05, 3.63) is 90.0 Å². The van der Waals surface area contributed by atoms with E-state index in [0.717, 1.165) is 16.3 Å². The molecule has 0 bridgehead atoms. The summed E-state index contributed by atoms with van der Waals surface area (Å²) in [7, 11) is -2.46. The second kappa shape index (κ2) is 10.3. The predicted molar refractivity (Wildman–Crippen MR) is 126 cm³/mol. The van der Waals surface area contributed by atoms with Crippen LogP contribution in [0.15, 0.2) is 83.8 Å². The van der Waals surface area contributed by atoms with Crippen LogP contribution in [0.3, 0.4) is 0 Å². The summed E-state index contributed by atoms with van der Waals surface area (Å²) in [6.45, 7) is 3.60. The van der Waals surface area contributed by atoms with Gasteiger partial charge in [0.1, 0.15) is 12.3 Å². The van der Waals surface area contributed by atoms with Crippen LogP contribution in [-0.2, 0) is 21.2 Å². The van der Waals surface area contributed by atoms with Gasteiger partial charge in [-0.05, 0) is 48.7 Å². The monoisotopic (exact) mass is 452 g/mol. The first-order valence-corrected chi connectivity index (χ1v) is 11.9. The van der Waals surface area contributed by atoms with Crippen LogP contribution in [-0.4, -0.2) is 28.0 Å². The highest BCUT2D eigenvalue weighted by atomic mass is 32.2. The molecule has 0 aromatic heterocycles. The Morgan fingerprint density at radius 2 is 1.69 bits per heavy atom. The van der Waals surface area contributed by atoms with E-state index in [1.54, 1.807) is 42.5 Å². The Morgan fingerprint density at radius 3 is 2.31 bits per heavy atom. The SMILES string of the molecule is CCc1ccc([C@H](C)NC(=O)CN(c2cccc(OC)c2)S(=O)(=O)c2ccccc2)cc1. The van der Waals surface area contributed by atoms with Crippen molar-refractivity contribution < 1.29 is 17.9 Å². The highest BCUT2D eigenvalue weighted by Gasteiger charge is 2.28. The third kappa shape index (κ3) is 5.48. The fourth-order valence-electron chi connectivity index (χ4n) is 3.34. The Kier molecular flexibility index (Phi) is 7.53. The second-order valence-electron chi connectivity index (χ2n) is 7.41. The van der Waals surface area contributed by atoms with Crippen molar-refractivity contribution in [3.63, 3.8) is 0 Å². The van der Waals surface area contributed by atoms with Gasteiger partial charge >= 0.3 is 0 Å². The number of aryl methyl sites for hydroxylation is 1. The normalized spacial score (nSPS) is 12.1. The molecule has 7 heteroatoms. The fraction of sp³-hybridized carbons (Fsp3) is 0.240. The molecular formula is C25H28N2O4S. The van der Waals surface area contributed by atoms with Gasteiger partial charge in [-0.15, -0.1) is 0 Å². The van der Waals surface area contributed by atoms with Gasteiger partial charge in [0, 0.05) is 6.07 Å². The number of sulfonamides is 1. The van der Waals surface area contributed by atoms with Crippen molar-refractivity contribution in [2.75, 3.05) is 18.0 Å². The molecule has 3 aromatic carbocycles. The summed E-state index contributed by atoms with van der Waals surface area (Å²) in [4.78, 5) is 13.0. The van der Waals surface area contributed by atoms with E-state index in [2.05, 4.69) is 12.2 Å². The minimum Gasteiger partial charge on any atom is -0.497 e. The van der Waals surface area contributed by atoms with E-state index in [4.69, 9.17) is 4.74 Å². The minimum atomic E-state index is -3.97. The molecule has 0 saturated carbocycles. The molecule has 1 N–H and O–H groups in total. The summed E-state index contributed by atoms with van der Waals surface area (Å²) >= 11 is 0. The van der Waals surface area contributed by atoms with Crippen LogP contribution in [0.4, 0.5) is 5.69 Å². The van der Waals surface area contributed by atoms with E-state index in [0.29, 0.717) is 11.4 Å². The molecule has 0 aliphatic rings. The maximum atomic E-state index is 13.4. The average Bonchev–Trinajstić information content (AvgIpc) is 2.83. The van der Waals surface area contributed by atoms with Crippen molar-refractivity contribution in [2.24, 2.45) is 0 Å². The fourth-order valence-corrected chi connectivity index (χ4v) is 4.78. The molecule has 3 aromatic rings. The third-order valence-corrected chi connectivity index (χ3v) is 7.01. The van der Waals surface area contributed by atoms with Gasteiger partial charge in [0.05, 0.1) is 23.7 Å². The number of amides is 1. The molecule has 1 atom stereocenters. The molecule has 3 rings (SSSR count). The van der Waals surface area contributed by atoms with E-state index in [1.807, 2.05) is 31.2 Å². The van der Waals surface area contributed by atoms with Gasteiger partial charge < -0.3 is 10.1 Å². The maximum Gasteiger partial charge on any atom is 0.264 e. The Labute approximate surface area is 189 Å². The van der Waals surface area contributed by atoms with Crippen molar-refractivity contribution in [1.29, 1.82) is 0 Å². The lowest BCUT2D eigenvalue weighted by Gasteiger charge is -2.25. The lowest BCUT2D eigenvalue weighted by molar-refractivity contribution is -0.120. The first-order chi connectivity index (χ1) is 15.3. The lowest BCUT2D eigenvalue weighted by atomic mass is 10.1. The van der Waals surface area contributed by atoms with Gasteiger partial charge in [0.2, 0.25) is 5.91 Å². The molecule has 0 spiro atoms. The lowest BCUT2D eigenvalue weighted by Crippen LogP contribution is -2.41. The number of carbonyl (C=O) groups excluding carboxylic acids is 1. The molecular weight excluding hydrogens is 424 g/mol. The Morgan fingerprint density at radius 1 is 1.00 bits per heavy atom. The van der Waals surface area contributed by atoms with E-state index in [1.165, 1.54) is 24.8 Å². The minimum absolute atomic E-state index is 0.110. The molecule has 0 unspecified atom stereocenters. The molecule has 0 aliphatic carbocycles. The summed E-state index contributed by atoms with van der Waals surface area (Å²) in [5.74, 6) is 0.0972. The molecule has 168 valence electrons. The van der Waals surface area contributed by atoms with Gasteiger partial charge in [0.25, 0.3) is 10.0 Å². The van der Waals surface area contributed by atoms with Crippen LogP contribution in [0.2, 0.25) is 0 Å². The summed E-state index contributed by atoms with van der Waals surface area (Å²) < 4.78 is 33.2. The predicted octanol–water partition coefficient (Wildman–Crippen LogP) is 4.33. The molecule has 6 nitrogen and oxygen atoms in total. The van der Waals surface area contributed by atoms with Crippen molar-refractivity contribution in [3.8, 4) is 5.75 Å². The highest BCUT2D eigenvalue weighted by Crippen LogP contribution is 2.27. The van der Waals surface area contributed by atoms with E-state index in [-0.39, 0.29) is 17.5 Å². The van der Waals surface area contributed by atoms with Gasteiger partial charge in [-0.2, -0.15) is 0 Å². The quantitative estimate of drug-likeness (QED) is 0.524. The molecule has 0 aliphatic heterocycles. The smallest absolute Gasteiger partial charge is 0.264 e. The van der Waals surface area contributed by atoms with Crippen molar-refractivity contribution in [1.82, 2.24) is 5.32 Å². The summed E-state index contributed by atoms with van der Waals surface area (Å²) in [6, 6.07) is 22.5. The van der Waals surface area contributed by atoms with Crippen LogP contribution in [0.25, 0.3) is 0 Å². The number of nitrogens with zero attached hydrogens (tertiary/aromatic N) is 1. The third-order valence-electron chi connectivity index (χ3n) is 5.23. The number of benzene rings is 3. The summed E-state index contributed by atoms with van der Waals surface area (Å²) in [5.41, 5.74) is 2.52. The number of methoxy groups -OCH3 is 1. The standard InChI is InChI=1S/C25H28N2O4S/c1-4-20-13-15-21(16-14-20)19(2)26-25(28)18-27(22-9-8-10-23(17-22)31-3)32(29,30)24-11-6-5-7-12-24/h5-17,19H,4,18H2,1-3H3,(H,26,28)/t19-/m0/s1. The maximum absolute atomic E-state index is 13.4. The Hall–Kier alpha value is -3.32. The van der Waals surface area contributed by atoms with Crippen LogP contribution < -0.4 is 14.4 Å². The Balaban J connectivity index is 1.87. The van der Waals surface area contributed by atoms with Crippen LogP contribution in [0, 0.1) is 0 Å².